The Morgan fingerprint density at radius 1 is 1.03 bits per heavy atom. The first kappa shape index (κ1) is 32.9. The Kier molecular flexibility index (Phi) is 13.3. The standard InChI is InChI=1S/C30H46N2O6/c1-19(2)26(32-29(36)38-30(6,7)8)27(33)31-24(22(5)28(34)35)16-15-20(3)17-21(4)25(37-9)18-23-13-11-10-12-14-23/h10-17,19,21-22,24-26H,18H2,1-9H3,(H,31,33)(H,32,36)(H,34,35)/b16-15+,20-17+/t21-,22-,24-,25-,26-/m0/s1. The van der Waals surface area contributed by atoms with Crippen molar-refractivity contribution in [2.45, 2.75) is 85.6 Å². The molecule has 212 valence electrons. The van der Waals surface area contributed by atoms with Gasteiger partial charge in [0.1, 0.15) is 11.6 Å². The van der Waals surface area contributed by atoms with Gasteiger partial charge in [-0.1, -0.05) is 74.9 Å². The van der Waals surface area contributed by atoms with Gasteiger partial charge in [0.2, 0.25) is 5.91 Å². The monoisotopic (exact) mass is 530 g/mol. The van der Waals surface area contributed by atoms with E-state index in [0.29, 0.717) is 0 Å². The summed E-state index contributed by atoms with van der Waals surface area (Å²) in [5.74, 6) is -2.56. The van der Waals surface area contributed by atoms with E-state index in [9.17, 15) is 19.5 Å². The van der Waals surface area contributed by atoms with E-state index in [1.54, 1.807) is 47.8 Å². The van der Waals surface area contributed by atoms with Gasteiger partial charge in [-0.25, -0.2) is 4.79 Å². The number of nitrogens with one attached hydrogen (secondary N) is 2. The first-order valence-electron chi connectivity index (χ1n) is 13.1. The Hall–Kier alpha value is -3.13. The predicted octanol–water partition coefficient (Wildman–Crippen LogP) is 5.14. The zero-order valence-corrected chi connectivity index (χ0v) is 24.3. The normalized spacial score (nSPS) is 16.4. The lowest BCUT2D eigenvalue weighted by molar-refractivity contribution is -0.142. The zero-order chi connectivity index (χ0) is 29.0. The molecule has 2 amide bonds. The van der Waals surface area contributed by atoms with Gasteiger partial charge in [-0.2, -0.15) is 0 Å². The van der Waals surface area contributed by atoms with Crippen molar-refractivity contribution >= 4 is 18.0 Å². The molecule has 5 atom stereocenters. The molecule has 38 heavy (non-hydrogen) atoms. The van der Waals surface area contributed by atoms with E-state index in [2.05, 4.69) is 35.8 Å². The summed E-state index contributed by atoms with van der Waals surface area (Å²) in [6.07, 6.45) is 5.59. The molecule has 8 nitrogen and oxygen atoms in total. The molecule has 0 aliphatic rings. The zero-order valence-electron chi connectivity index (χ0n) is 24.3. The molecular formula is C30H46N2O6. The molecule has 0 unspecified atom stereocenters. The summed E-state index contributed by atoms with van der Waals surface area (Å²) in [4.78, 5) is 37.2. The Morgan fingerprint density at radius 3 is 2.13 bits per heavy atom. The van der Waals surface area contributed by atoms with Gasteiger partial charge < -0.3 is 25.2 Å². The van der Waals surface area contributed by atoms with Gasteiger partial charge in [0.05, 0.1) is 18.1 Å². The molecule has 0 bridgehead atoms. The van der Waals surface area contributed by atoms with Crippen LogP contribution < -0.4 is 10.6 Å². The van der Waals surface area contributed by atoms with Crippen molar-refractivity contribution in [2.24, 2.45) is 17.8 Å². The maximum absolute atomic E-state index is 13.1. The van der Waals surface area contributed by atoms with Gasteiger partial charge in [-0.3, -0.25) is 9.59 Å². The number of carbonyl (C=O) groups excluding carboxylic acids is 2. The van der Waals surface area contributed by atoms with Crippen LogP contribution in [0, 0.1) is 17.8 Å². The number of allylic oxidation sites excluding steroid dienone is 2. The molecule has 0 heterocycles. The highest BCUT2D eigenvalue weighted by molar-refractivity contribution is 5.87. The van der Waals surface area contributed by atoms with Crippen molar-refractivity contribution in [2.75, 3.05) is 7.11 Å². The molecule has 1 rings (SSSR count). The Labute approximate surface area is 227 Å². The van der Waals surface area contributed by atoms with Crippen molar-refractivity contribution < 1.29 is 29.0 Å². The number of hydrogen-bond acceptors (Lipinski definition) is 5. The molecule has 1 aromatic carbocycles. The molecule has 0 spiro atoms. The van der Waals surface area contributed by atoms with Crippen LogP contribution in [0.4, 0.5) is 4.79 Å². The van der Waals surface area contributed by atoms with Crippen molar-refractivity contribution in [1.82, 2.24) is 10.6 Å². The molecule has 0 fully saturated rings. The van der Waals surface area contributed by atoms with Crippen molar-refractivity contribution in [3.63, 3.8) is 0 Å². The van der Waals surface area contributed by atoms with Gasteiger partial charge in [0.25, 0.3) is 0 Å². The van der Waals surface area contributed by atoms with E-state index in [4.69, 9.17) is 9.47 Å². The maximum atomic E-state index is 13.1. The summed E-state index contributed by atoms with van der Waals surface area (Å²) in [7, 11) is 1.69. The molecular weight excluding hydrogens is 484 g/mol. The van der Waals surface area contributed by atoms with Crippen LogP contribution >= 0.6 is 0 Å². The Balaban J connectivity index is 3.01. The fourth-order valence-electron chi connectivity index (χ4n) is 3.88. The van der Waals surface area contributed by atoms with Crippen LogP contribution in [0.3, 0.4) is 0 Å². The quantitative estimate of drug-likeness (QED) is 0.305. The Bertz CT molecular complexity index is 965. The fraction of sp³-hybridized carbons (Fsp3) is 0.567. The van der Waals surface area contributed by atoms with E-state index >= 15 is 0 Å². The summed E-state index contributed by atoms with van der Waals surface area (Å²) >= 11 is 0. The number of ether oxygens (including phenoxy) is 2. The summed E-state index contributed by atoms with van der Waals surface area (Å²) in [6.45, 7) is 14.3. The number of amides is 2. The molecule has 1 aromatic rings. The minimum atomic E-state index is -1.04. The third-order valence-corrected chi connectivity index (χ3v) is 6.12. The number of alkyl carbamates (subject to hydrolysis) is 1. The highest BCUT2D eigenvalue weighted by Gasteiger charge is 2.30. The van der Waals surface area contributed by atoms with Gasteiger partial charge >= 0.3 is 12.1 Å². The van der Waals surface area contributed by atoms with E-state index < -0.39 is 41.6 Å². The van der Waals surface area contributed by atoms with Crippen molar-refractivity contribution in [1.29, 1.82) is 0 Å². The highest BCUT2D eigenvalue weighted by Crippen LogP contribution is 2.18. The lowest BCUT2D eigenvalue weighted by Gasteiger charge is -2.27. The summed E-state index contributed by atoms with van der Waals surface area (Å²) in [6, 6.07) is 8.44. The fourth-order valence-corrected chi connectivity index (χ4v) is 3.88. The number of carbonyl (C=O) groups is 3. The second-order valence-electron chi connectivity index (χ2n) is 11.1. The molecule has 3 N–H and O–H groups in total. The van der Waals surface area contributed by atoms with E-state index in [-0.39, 0.29) is 17.9 Å². The summed E-state index contributed by atoms with van der Waals surface area (Å²) in [5, 5.41) is 15.0. The molecule has 0 saturated carbocycles. The van der Waals surface area contributed by atoms with Crippen LogP contribution in [0.25, 0.3) is 0 Å². The molecule has 0 saturated heterocycles. The van der Waals surface area contributed by atoms with Gasteiger partial charge in [0, 0.05) is 13.0 Å². The second kappa shape index (κ2) is 15.3. The maximum Gasteiger partial charge on any atom is 0.408 e. The van der Waals surface area contributed by atoms with Gasteiger partial charge in [0.15, 0.2) is 0 Å². The molecule has 0 aromatic heterocycles. The topological polar surface area (TPSA) is 114 Å². The smallest absolute Gasteiger partial charge is 0.408 e. The first-order valence-corrected chi connectivity index (χ1v) is 13.1. The SMILES string of the molecule is CO[C@@H](Cc1ccccc1)[C@@H](C)/C=C(C)/C=C/[C@H](NC(=O)[C@@H](NC(=O)OC(C)(C)C)C(C)C)[C@H](C)C(=O)O. The average molecular weight is 531 g/mol. The third-order valence-electron chi connectivity index (χ3n) is 6.12. The average Bonchev–Trinajstić information content (AvgIpc) is 2.82. The number of aliphatic carboxylic acids is 1. The minimum absolute atomic E-state index is 0.0279. The minimum Gasteiger partial charge on any atom is -0.481 e. The summed E-state index contributed by atoms with van der Waals surface area (Å²) < 4.78 is 11.0. The summed E-state index contributed by atoms with van der Waals surface area (Å²) in [5.41, 5.74) is 1.39. The first-order chi connectivity index (χ1) is 17.6. The largest absolute Gasteiger partial charge is 0.481 e. The number of benzene rings is 1. The number of hydrogen-bond donors (Lipinski definition) is 3. The highest BCUT2D eigenvalue weighted by atomic mass is 16.6. The van der Waals surface area contributed by atoms with Crippen LogP contribution in [0.15, 0.2) is 54.1 Å². The number of carboxylic acids is 1. The predicted molar refractivity (Wildman–Crippen MR) is 150 cm³/mol. The number of rotatable bonds is 13. The van der Waals surface area contributed by atoms with E-state index in [0.717, 1.165) is 12.0 Å². The van der Waals surface area contributed by atoms with Crippen molar-refractivity contribution in [3.05, 3.63) is 59.7 Å². The lowest BCUT2D eigenvalue weighted by Crippen LogP contribution is -2.54. The molecule has 0 aliphatic carbocycles. The number of methoxy groups -OCH3 is 1. The van der Waals surface area contributed by atoms with Crippen LogP contribution in [0.5, 0.6) is 0 Å². The van der Waals surface area contributed by atoms with Crippen molar-refractivity contribution in [3.8, 4) is 0 Å². The lowest BCUT2D eigenvalue weighted by atomic mass is 9.94. The molecule has 0 radical (unpaired) electrons. The van der Waals surface area contributed by atoms with Gasteiger partial charge in [-0.15, -0.1) is 0 Å². The van der Waals surface area contributed by atoms with E-state index in [1.807, 2.05) is 31.2 Å². The van der Waals surface area contributed by atoms with E-state index in [1.165, 1.54) is 12.5 Å². The van der Waals surface area contributed by atoms with Crippen LogP contribution in [0.1, 0.15) is 61.0 Å². The Morgan fingerprint density at radius 2 is 1.63 bits per heavy atom. The molecule has 8 heteroatoms. The van der Waals surface area contributed by atoms with Crippen LogP contribution in [-0.2, 0) is 25.5 Å². The van der Waals surface area contributed by atoms with Crippen LogP contribution in [0.2, 0.25) is 0 Å². The second-order valence-corrected chi connectivity index (χ2v) is 11.1. The number of carboxylic acid groups (broad SMARTS) is 1. The molecule has 0 aliphatic heterocycles. The third kappa shape index (κ3) is 11.9. The van der Waals surface area contributed by atoms with Gasteiger partial charge in [-0.05, 0) is 52.5 Å². The van der Waals surface area contributed by atoms with Crippen LogP contribution in [-0.4, -0.2) is 54.0 Å².